The molecule has 2 rings (SSSR count). The van der Waals surface area contributed by atoms with Crippen LogP contribution in [0.3, 0.4) is 0 Å². The van der Waals surface area contributed by atoms with Gasteiger partial charge in [-0.15, -0.1) is 0 Å². The van der Waals surface area contributed by atoms with E-state index in [4.69, 9.17) is 0 Å². The molecule has 0 amide bonds. The third kappa shape index (κ3) is 32.0. The van der Waals surface area contributed by atoms with E-state index in [1.54, 1.807) is 30.6 Å². The molecule has 0 saturated heterocycles. The van der Waals surface area contributed by atoms with Crippen LogP contribution in [0.4, 0.5) is 0 Å². The Balaban J connectivity index is 0. The van der Waals surface area contributed by atoms with Crippen LogP contribution in [-0.2, 0) is 0 Å². The van der Waals surface area contributed by atoms with Gasteiger partial charge in [-0.3, -0.25) is 4.98 Å². The predicted molar refractivity (Wildman–Crippen MR) is 90.7 cm³/mol. The first-order chi connectivity index (χ1) is 9.86. The predicted octanol–water partition coefficient (Wildman–Crippen LogP) is 4.73. The molecule has 0 saturated carbocycles. The van der Waals surface area contributed by atoms with Crippen LogP contribution in [0.1, 0.15) is 41.5 Å². The van der Waals surface area contributed by atoms with Crippen molar-refractivity contribution in [2.45, 2.75) is 41.5 Å². The Bertz CT molecular complexity index is 350. The lowest BCUT2D eigenvalue weighted by atomic mass is 10.3. The zero-order chi connectivity index (χ0) is 16.5. The highest BCUT2D eigenvalue weighted by molar-refractivity contribution is 4.88. The Morgan fingerprint density at radius 1 is 0.667 bits per heavy atom. The highest BCUT2D eigenvalue weighted by atomic mass is 16.5. The molecule has 21 heavy (non-hydrogen) atoms. The third-order valence-electron chi connectivity index (χ3n) is 1.25. The van der Waals surface area contributed by atoms with Crippen molar-refractivity contribution in [2.24, 2.45) is 11.8 Å². The molecule has 0 N–H and O–H groups in total. The normalized spacial score (nSPS) is 8.57. The number of nitrogens with zero attached hydrogens (tertiary/aromatic N) is 2. The summed E-state index contributed by atoms with van der Waals surface area (Å²) in [5.74, 6) is 1.67. The Morgan fingerprint density at radius 3 is 1.14 bits per heavy atom. The zero-order valence-corrected chi connectivity index (χ0v) is 14.2. The molecular formula is C18H30N2O. The minimum atomic E-state index is 0.750. The SMILES string of the molecule is CC(C)C.CC(C)C.[O-][n+]1ccccc1.c1ccncc1. The van der Waals surface area contributed by atoms with Crippen LogP contribution >= 0.6 is 0 Å². The number of pyridine rings is 2. The maximum absolute atomic E-state index is 10.2. The van der Waals surface area contributed by atoms with E-state index >= 15 is 0 Å². The smallest absolute Gasteiger partial charge is 0.180 e. The molecule has 0 aliphatic heterocycles. The number of rotatable bonds is 0. The van der Waals surface area contributed by atoms with E-state index in [0.29, 0.717) is 0 Å². The van der Waals surface area contributed by atoms with Gasteiger partial charge in [0, 0.05) is 24.5 Å². The molecule has 0 atom stereocenters. The van der Waals surface area contributed by atoms with Gasteiger partial charge in [0.25, 0.3) is 0 Å². The van der Waals surface area contributed by atoms with Crippen LogP contribution in [0.2, 0.25) is 0 Å². The van der Waals surface area contributed by atoms with Crippen molar-refractivity contribution < 1.29 is 4.73 Å². The van der Waals surface area contributed by atoms with E-state index in [9.17, 15) is 5.21 Å². The van der Waals surface area contributed by atoms with E-state index in [-0.39, 0.29) is 0 Å². The van der Waals surface area contributed by atoms with Crippen LogP contribution in [-0.4, -0.2) is 4.98 Å². The average molecular weight is 290 g/mol. The van der Waals surface area contributed by atoms with Crippen molar-refractivity contribution in [3.63, 3.8) is 0 Å². The van der Waals surface area contributed by atoms with Crippen molar-refractivity contribution in [3.8, 4) is 0 Å². The maximum atomic E-state index is 10.2. The van der Waals surface area contributed by atoms with Crippen molar-refractivity contribution in [1.29, 1.82) is 0 Å². The van der Waals surface area contributed by atoms with Gasteiger partial charge in [-0.25, -0.2) is 0 Å². The monoisotopic (exact) mass is 290 g/mol. The van der Waals surface area contributed by atoms with Crippen LogP contribution < -0.4 is 4.73 Å². The summed E-state index contributed by atoms with van der Waals surface area (Å²) in [5, 5.41) is 10.2. The molecule has 0 spiro atoms. The molecule has 0 radical (unpaired) electrons. The minimum Gasteiger partial charge on any atom is -0.619 e. The quantitative estimate of drug-likeness (QED) is 0.520. The Kier molecular flexibility index (Phi) is 16.5. The minimum absolute atomic E-state index is 0.750. The summed E-state index contributed by atoms with van der Waals surface area (Å²) >= 11 is 0. The molecular weight excluding hydrogens is 260 g/mol. The van der Waals surface area contributed by atoms with Gasteiger partial charge in [0.1, 0.15) is 0 Å². The van der Waals surface area contributed by atoms with Crippen molar-refractivity contribution in [3.05, 3.63) is 66.4 Å². The molecule has 0 aromatic carbocycles. The van der Waals surface area contributed by atoms with Gasteiger partial charge in [-0.1, -0.05) is 53.7 Å². The van der Waals surface area contributed by atoms with Crippen LogP contribution in [0.5, 0.6) is 0 Å². The number of hydrogen-bond acceptors (Lipinski definition) is 2. The summed E-state index contributed by atoms with van der Waals surface area (Å²) in [5.41, 5.74) is 0. The lowest BCUT2D eigenvalue weighted by Gasteiger charge is -1.88. The summed E-state index contributed by atoms with van der Waals surface area (Å²) in [4.78, 5) is 3.78. The number of aromatic nitrogens is 2. The second-order valence-electron chi connectivity index (χ2n) is 5.72. The summed E-state index contributed by atoms with van der Waals surface area (Å²) < 4.78 is 0.750. The van der Waals surface area contributed by atoms with Crippen LogP contribution in [0.25, 0.3) is 0 Å². The molecule has 2 heterocycles. The summed E-state index contributed by atoms with van der Waals surface area (Å²) in [6.45, 7) is 13.0. The van der Waals surface area contributed by atoms with E-state index in [1.807, 2.05) is 18.2 Å². The molecule has 0 bridgehead atoms. The molecule has 3 nitrogen and oxygen atoms in total. The zero-order valence-electron chi connectivity index (χ0n) is 14.2. The van der Waals surface area contributed by atoms with E-state index in [0.717, 1.165) is 16.6 Å². The van der Waals surface area contributed by atoms with Gasteiger partial charge >= 0.3 is 0 Å². The Morgan fingerprint density at radius 2 is 1.00 bits per heavy atom. The fourth-order valence-electron chi connectivity index (χ4n) is 0.695. The molecule has 2 aromatic heterocycles. The molecule has 3 heteroatoms. The van der Waals surface area contributed by atoms with E-state index < -0.39 is 0 Å². The van der Waals surface area contributed by atoms with Gasteiger partial charge in [0.2, 0.25) is 0 Å². The van der Waals surface area contributed by atoms with E-state index in [2.05, 4.69) is 46.5 Å². The average Bonchev–Trinajstić information content (AvgIpc) is 2.41. The molecule has 2 aromatic rings. The highest BCUT2D eigenvalue weighted by Gasteiger charge is 1.75. The first-order valence-electron chi connectivity index (χ1n) is 7.35. The molecule has 0 aliphatic rings. The topological polar surface area (TPSA) is 39.8 Å². The second-order valence-corrected chi connectivity index (χ2v) is 5.72. The maximum Gasteiger partial charge on any atom is 0.180 e. The largest absolute Gasteiger partial charge is 0.619 e. The van der Waals surface area contributed by atoms with E-state index in [1.165, 1.54) is 12.4 Å². The Labute approximate surface area is 130 Å². The first kappa shape index (κ1) is 21.4. The fourth-order valence-corrected chi connectivity index (χ4v) is 0.695. The van der Waals surface area contributed by atoms with Crippen molar-refractivity contribution in [2.75, 3.05) is 0 Å². The summed E-state index contributed by atoms with van der Waals surface area (Å²) in [6.07, 6.45) is 6.39. The molecule has 0 fully saturated rings. The summed E-state index contributed by atoms with van der Waals surface area (Å²) in [6, 6.07) is 10.9. The molecule has 0 unspecified atom stereocenters. The molecule has 118 valence electrons. The van der Waals surface area contributed by atoms with Gasteiger partial charge in [0.15, 0.2) is 12.4 Å². The standard InChI is InChI=1S/C5H5NO.C5H5N.2C4H10/c7-6-4-2-1-3-5-6;1-2-4-6-5-3-1;2*1-4(2)3/h1-5H;1-5H;2*4H,1-3H3. The Hall–Kier alpha value is -1.90. The molecule has 0 aliphatic carbocycles. The number of hydrogen-bond donors (Lipinski definition) is 0. The van der Waals surface area contributed by atoms with Crippen molar-refractivity contribution in [1.82, 2.24) is 4.98 Å². The lowest BCUT2D eigenvalue weighted by Crippen LogP contribution is -2.22. The fraction of sp³-hybridized carbons (Fsp3) is 0.444. The van der Waals surface area contributed by atoms with Gasteiger partial charge in [-0.05, 0) is 24.0 Å². The van der Waals surface area contributed by atoms with Crippen LogP contribution in [0.15, 0.2) is 61.2 Å². The van der Waals surface area contributed by atoms with Gasteiger partial charge in [0.05, 0.1) is 0 Å². The lowest BCUT2D eigenvalue weighted by molar-refractivity contribution is -0.605. The second kappa shape index (κ2) is 16.2. The summed E-state index contributed by atoms with van der Waals surface area (Å²) in [7, 11) is 0. The highest BCUT2D eigenvalue weighted by Crippen LogP contribution is 1.81. The van der Waals surface area contributed by atoms with Gasteiger partial charge < -0.3 is 5.21 Å². The van der Waals surface area contributed by atoms with Gasteiger partial charge in [-0.2, -0.15) is 4.73 Å². The van der Waals surface area contributed by atoms with Crippen molar-refractivity contribution >= 4 is 0 Å². The van der Waals surface area contributed by atoms with Crippen LogP contribution in [0, 0.1) is 17.0 Å². The third-order valence-corrected chi connectivity index (χ3v) is 1.25. The first-order valence-corrected chi connectivity index (χ1v) is 7.35.